The zero-order chi connectivity index (χ0) is 19.3. The summed E-state index contributed by atoms with van der Waals surface area (Å²) < 4.78 is 11.4. The summed E-state index contributed by atoms with van der Waals surface area (Å²) in [4.78, 5) is 11.9. The van der Waals surface area contributed by atoms with Crippen LogP contribution in [0.15, 0.2) is 29.3 Å². The standard InChI is InChI=1S/C21H33N5O2.HI/c1-22-21(23-14-20-15-26-8-4-6-18(26)16-28-20)25-11-9-24(10-12-25)17-5-3-7-19(13-17)27-2;/h3,5,7,13,18,20H,4,6,8-12,14-16H2,1-2H3,(H,22,23);1H. The number of benzene rings is 1. The molecule has 3 aliphatic rings. The lowest BCUT2D eigenvalue weighted by molar-refractivity contribution is -0.0454. The highest BCUT2D eigenvalue weighted by Crippen LogP contribution is 2.23. The lowest BCUT2D eigenvalue weighted by Crippen LogP contribution is -2.55. The van der Waals surface area contributed by atoms with Gasteiger partial charge < -0.3 is 24.6 Å². The number of hydrogen-bond donors (Lipinski definition) is 1. The van der Waals surface area contributed by atoms with E-state index in [0.29, 0.717) is 6.04 Å². The topological polar surface area (TPSA) is 52.6 Å². The third-order valence-corrected chi connectivity index (χ3v) is 6.16. The number of anilines is 1. The first kappa shape index (κ1) is 22.4. The zero-order valence-corrected chi connectivity index (χ0v) is 19.9. The Hall–Kier alpha value is -1.26. The Kier molecular flexibility index (Phi) is 8.25. The number of ether oxygens (including phenoxy) is 2. The number of morpholine rings is 1. The molecule has 0 saturated carbocycles. The molecule has 3 heterocycles. The van der Waals surface area contributed by atoms with Crippen LogP contribution in [0.4, 0.5) is 5.69 Å². The van der Waals surface area contributed by atoms with Crippen LogP contribution in [0.1, 0.15) is 12.8 Å². The van der Waals surface area contributed by atoms with Gasteiger partial charge >= 0.3 is 0 Å². The smallest absolute Gasteiger partial charge is 0.193 e. The summed E-state index contributed by atoms with van der Waals surface area (Å²) in [6, 6.07) is 8.95. The fourth-order valence-electron chi connectivity index (χ4n) is 4.53. The minimum Gasteiger partial charge on any atom is -0.497 e. The van der Waals surface area contributed by atoms with Gasteiger partial charge in [-0.15, -0.1) is 24.0 Å². The van der Waals surface area contributed by atoms with E-state index >= 15 is 0 Å². The lowest BCUT2D eigenvalue weighted by Gasteiger charge is -2.39. The molecule has 0 spiro atoms. The Morgan fingerprint density at radius 3 is 2.83 bits per heavy atom. The molecule has 8 heteroatoms. The predicted octanol–water partition coefficient (Wildman–Crippen LogP) is 1.87. The van der Waals surface area contributed by atoms with Crippen LogP contribution in [0.5, 0.6) is 5.75 Å². The van der Waals surface area contributed by atoms with E-state index < -0.39 is 0 Å². The Bertz CT molecular complexity index is 681. The Labute approximate surface area is 191 Å². The molecule has 1 N–H and O–H groups in total. The van der Waals surface area contributed by atoms with Gasteiger partial charge in [-0.05, 0) is 31.5 Å². The van der Waals surface area contributed by atoms with Gasteiger partial charge in [0.15, 0.2) is 5.96 Å². The molecule has 29 heavy (non-hydrogen) atoms. The number of methoxy groups -OCH3 is 1. The second kappa shape index (κ2) is 10.7. The molecule has 2 unspecified atom stereocenters. The fraction of sp³-hybridized carbons (Fsp3) is 0.667. The van der Waals surface area contributed by atoms with Crippen LogP contribution < -0.4 is 15.0 Å². The van der Waals surface area contributed by atoms with Gasteiger partial charge in [-0.25, -0.2) is 0 Å². The lowest BCUT2D eigenvalue weighted by atomic mass is 10.2. The first-order valence-corrected chi connectivity index (χ1v) is 10.5. The van der Waals surface area contributed by atoms with Gasteiger partial charge in [-0.2, -0.15) is 0 Å². The molecule has 3 saturated heterocycles. The van der Waals surface area contributed by atoms with Crippen LogP contribution >= 0.6 is 24.0 Å². The van der Waals surface area contributed by atoms with E-state index in [1.165, 1.54) is 25.1 Å². The summed E-state index contributed by atoms with van der Waals surface area (Å²) in [6.07, 6.45) is 2.86. The van der Waals surface area contributed by atoms with Crippen molar-refractivity contribution in [3.05, 3.63) is 24.3 Å². The molecule has 0 aliphatic carbocycles. The van der Waals surface area contributed by atoms with Crippen molar-refractivity contribution >= 4 is 35.6 Å². The third-order valence-electron chi connectivity index (χ3n) is 6.16. The number of nitrogens with one attached hydrogen (secondary N) is 1. The van der Waals surface area contributed by atoms with E-state index in [4.69, 9.17) is 9.47 Å². The normalized spacial score (nSPS) is 25.4. The molecule has 2 atom stereocenters. The van der Waals surface area contributed by atoms with E-state index in [9.17, 15) is 0 Å². The molecule has 0 bridgehead atoms. The van der Waals surface area contributed by atoms with E-state index in [-0.39, 0.29) is 30.1 Å². The second-order valence-corrected chi connectivity index (χ2v) is 7.85. The molecule has 4 rings (SSSR count). The fourth-order valence-corrected chi connectivity index (χ4v) is 4.53. The summed E-state index contributed by atoms with van der Waals surface area (Å²) in [7, 11) is 3.58. The van der Waals surface area contributed by atoms with Crippen molar-refractivity contribution in [3.63, 3.8) is 0 Å². The first-order chi connectivity index (χ1) is 13.8. The van der Waals surface area contributed by atoms with Gasteiger partial charge in [0.1, 0.15) is 5.75 Å². The van der Waals surface area contributed by atoms with Crippen LogP contribution in [-0.2, 0) is 4.74 Å². The van der Waals surface area contributed by atoms with Crippen molar-refractivity contribution in [1.82, 2.24) is 15.1 Å². The van der Waals surface area contributed by atoms with Crippen molar-refractivity contribution < 1.29 is 9.47 Å². The SMILES string of the molecule is CN=C(NCC1CN2CCCC2CO1)N1CCN(c2cccc(OC)c2)CC1.I. The highest BCUT2D eigenvalue weighted by molar-refractivity contribution is 14.0. The number of aliphatic imine (C=N–C) groups is 1. The van der Waals surface area contributed by atoms with Crippen LogP contribution in [-0.4, -0.2) is 94.5 Å². The summed E-state index contributed by atoms with van der Waals surface area (Å²) in [5, 5.41) is 3.55. The molecule has 3 fully saturated rings. The van der Waals surface area contributed by atoms with E-state index in [1.54, 1.807) is 7.11 Å². The molecule has 0 amide bonds. The van der Waals surface area contributed by atoms with Crippen molar-refractivity contribution in [2.75, 3.05) is 71.5 Å². The average Bonchev–Trinajstić information content (AvgIpc) is 3.22. The van der Waals surface area contributed by atoms with Crippen LogP contribution in [0, 0.1) is 0 Å². The molecule has 1 aromatic rings. The number of nitrogens with zero attached hydrogens (tertiary/aromatic N) is 4. The largest absolute Gasteiger partial charge is 0.497 e. The van der Waals surface area contributed by atoms with Crippen LogP contribution in [0.25, 0.3) is 0 Å². The first-order valence-electron chi connectivity index (χ1n) is 10.5. The highest BCUT2D eigenvalue weighted by Gasteiger charge is 2.32. The number of fused-ring (bicyclic) bond motifs is 1. The summed E-state index contributed by atoms with van der Waals surface area (Å²) >= 11 is 0. The third kappa shape index (κ3) is 5.46. The molecule has 3 aliphatic heterocycles. The minimum atomic E-state index is 0. The van der Waals surface area contributed by atoms with Gasteiger partial charge in [-0.3, -0.25) is 9.89 Å². The van der Waals surface area contributed by atoms with Gasteiger partial charge in [0.25, 0.3) is 0 Å². The summed E-state index contributed by atoms with van der Waals surface area (Å²) in [6.45, 7) is 7.83. The molecule has 1 aromatic carbocycles. The molecule has 0 aromatic heterocycles. The van der Waals surface area contributed by atoms with Crippen molar-refractivity contribution in [1.29, 1.82) is 0 Å². The molecular weight excluding hydrogens is 481 g/mol. The minimum absolute atomic E-state index is 0. The number of halogens is 1. The molecular formula is C21H34IN5O2. The quantitative estimate of drug-likeness (QED) is 0.376. The second-order valence-electron chi connectivity index (χ2n) is 7.85. The number of guanidine groups is 1. The maximum atomic E-state index is 6.07. The molecule has 162 valence electrons. The number of hydrogen-bond acceptors (Lipinski definition) is 5. The maximum absolute atomic E-state index is 6.07. The molecule has 7 nitrogen and oxygen atoms in total. The Morgan fingerprint density at radius 2 is 2.07 bits per heavy atom. The van der Waals surface area contributed by atoms with Crippen molar-refractivity contribution in [2.45, 2.75) is 25.0 Å². The van der Waals surface area contributed by atoms with Crippen LogP contribution in [0.3, 0.4) is 0 Å². The Morgan fingerprint density at radius 1 is 1.24 bits per heavy atom. The zero-order valence-electron chi connectivity index (χ0n) is 17.5. The monoisotopic (exact) mass is 515 g/mol. The van der Waals surface area contributed by atoms with Crippen molar-refractivity contribution in [3.8, 4) is 5.75 Å². The summed E-state index contributed by atoms with van der Waals surface area (Å²) in [5.74, 6) is 1.89. The summed E-state index contributed by atoms with van der Waals surface area (Å²) in [5.41, 5.74) is 1.22. The van der Waals surface area contributed by atoms with Gasteiger partial charge in [0.05, 0.1) is 19.8 Å². The Balaban J connectivity index is 0.00000240. The molecule has 0 radical (unpaired) electrons. The number of rotatable bonds is 4. The highest BCUT2D eigenvalue weighted by atomic mass is 127. The van der Waals surface area contributed by atoms with E-state index in [1.807, 2.05) is 13.1 Å². The van der Waals surface area contributed by atoms with Gasteiger partial charge in [0.2, 0.25) is 0 Å². The van der Waals surface area contributed by atoms with Crippen LogP contribution in [0.2, 0.25) is 0 Å². The van der Waals surface area contributed by atoms with E-state index in [2.05, 4.69) is 43.2 Å². The van der Waals surface area contributed by atoms with Gasteiger partial charge in [-0.1, -0.05) is 6.07 Å². The van der Waals surface area contributed by atoms with E-state index in [0.717, 1.165) is 57.6 Å². The number of piperazine rings is 1. The predicted molar refractivity (Wildman–Crippen MR) is 128 cm³/mol. The van der Waals surface area contributed by atoms with Crippen molar-refractivity contribution in [2.24, 2.45) is 4.99 Å². The maximum Gasteiger partial charge on any atom is 0.193 e. The average molecular weight is 515 g/mol. The van der Waals surface area contributed by atoms with Gasteiger partial charge in [0, 0.05) is 64.1 Å².